The summed E-state index contributed by atoms with van der Waals surface area (Å²) < 4.78 is 0. The van der Waals surface area contributed by atoms with Gasteiger partial charge in [-0.15, -0.1) is 11.8 Å². The number of hydrogen-bond donors (Lipinski definition) is 1. The third kappa shape index (κ3) is 4.12. The molecule has 0 saturated carbocycles. The first-order valence-electron chi connectivity index (χ1n) is 4.42. The molecule has 1 rings (SSSR count). The quantitative estimate of drug-likeness (QED) is 0.563. The summed E-state index contributed by atoms with van der Waals surface area (Å²) >= 11 is 1.23. The zero-order valence-electron chi connectivity index (χ0n) is 7.93. The summed E-state index contributed by atoms with van der Waals surface area (Å²) in [6.07, 6.45) is 4.32. The predicted molar refractivity (Wildman–Crippen MR) is 56.6 cm³/mol. The Balaban J connectivity index is 2.35. The molecule has 1 aliphatic carbocycles. The summed E-state index contributed by atoms with van der Waals surface area (Å²) in [5.41, 5.74) is 0. The van der Waals surface area contributed by atoms with Crippen molar-refractivity contribution in [3.05, 3.63) is 23.1 Å². The first-order valence-corrected chi connectivity index (χ1v) is 5.41. The first kappa shape index (κ1) is 11.7. The lowest BCUT2D eigenvalue weighted by Gasteiger charge is -2.05. The van der Waals surface area contributed by atoms with Gasteiger partial charge in [-0.2, -0.15) is 0 Å². The SMILES string of the molecule is O=C1C=CC(=O)C(SCCCC(=O)O)=C1. The molecule has 0 aliphatic heterocycles. The average Bonchev–Trinajstić information content (AvgIpc) is 2.17. The molecule has 15 heavy (non-hydrogen) atoms. The maximum absolute atomic E-state index is 11.2. The van der Waals surface area contributed by atoms with Gasteiger partial charge in [0, 0.05) is 12.5 Å². The third-order valence-corrected chi connectivity index (χ3v) is 2.83. The summed E-state index contributed by atoms with van der Waals surface area (Å²) in [6.45, 7) is 0. The molecule has 0 aromatic heterocycles. The molecule has 0 spiro atoms. The van der Waals surface area contributed by atoms with Crippen molar-refractivity contribution in [3.8, 4) is 0 Å². The number of ketones is 2. The van der Waals surface area contributed by atoms with Gasteiger partial charge < -0.3 is 5.11 Å². The number of carboxylic acids is 1. The van der Waals surface area contributed by atoms with Gasteiger partial charge in [-0.3, -0.25) is 14.4 Å². The number of carbonyl (C=O) groups excluding carboxylic acids is 2. The zero-order valence-corrected chi connectivity index (χ0v) is 8.75. The molecule has 0 amide bonds. The fourth-order valence-corrected chi connectivity index (χ4v) is 1.93. The molecule has 1 aliphatic rings. The molecule has 0 unspecified atom stereocenters. The Morgan fingerprint density at radius 3 is 2.73 bits per heavy atom. The zero-order chi connectivity index (χ0) is 11.3. The van der Waals surface area contributed by atoms with Crippen LogP contribution in [-0.2, 0) is 14.4 Å². The second-order valence-electron chi connectivity index (χ2n) is 2.95. The van der Waals surface area contributed by atoms with Crippen LogP contribution >= 0.6 is 11.8 Å². The number of rotatable bonds is 5. The molecular formula is C10H10O4S. The molecule has 4 nitrogen and oxygen atoms in total. The van der Waals surface area contributed by atoms with Crippen LogP contribution in [0.1, 0.15) is 12.8 Å². The minimum absolute atomic E-state index is 0.0816. The van der Waals surface area contributed by atoms with E-state index in [0.717, 1.165) is 0 Å². The second-order valence-corrected chi connectivity index (χ2v) is 4.09. The summed E-state index contributed by atoms with van der Waals surface area (Å²) in [5, 5.41) is 8.39. The minimum atomic E-state index is -0.851. The van der Waals surface area contributed by atoms with Crippen molar-refractivity contribution in [1.29, 1.82) is 0 Å². The summed E-state index contributed by atoms with van der Waals surface area (Å²) in [6, 6.07) is 0. The monoisotopic (exact) mass is 226 g/mol. The highest BCUT2D eigenvalue weighted by molar-refractivity contribution is 8.04. The fraction of sp³-hybridized carbons (Fsp3) is 0.300. The molecule has 0 heterocycles. The van der Waals surface area contributed by atoms with E-state index in [-0.39, 0.29) is 18.0 Å². The number of carbonyl (C=O) groups is 3. The molecule has 0 bridgehead atoms. The van der Waals surface area contributed by atoms with E-state index in [0.29, 0.717) is 17.1 Å². The van der Waals surface area contributed by atoms with Crippen LogP contribution in [0.4, 0.5) is 0 Å². The van der Waals surface area contributed by atoms with Crippen LogP contribution in [0.3, 0.4) is 0 Å². The van der Waals surface area contributed by atoms with Crippen molar-refractivity contribution in [3.63, 3.8) is 0 Å². The first-order chi connectivity index (χ1) is 7.09. The molecule has 80 valence electrons. The molecule has 0 atom stereocenters. The van der Waals surface area contributed by atoms with E-state index < -0.39 is 5.97 Å². The van der Waals surface area contributed by atoms with Crippen LogP contribution in [0.15, 0.2) is 23.1 Å². The molecular weight excluding hydrogens is 216 g/mol. The lowest BCUT2D eigenvalue weighted by molar-refractivity contribution is -0.137. The van der Waals surface area contributed by atoms with Crippen LogP contribution in [0.5, 0.6) is 0 Å². The van der Waals surface area contributed by atoms with E-state index in [2.05, 4.69) is 0 Å². The lowest BCUT2D eigenvalue weighted by atomic mass is 10.2. The van der Waals surface area contributed by atoms with Crippen molar-refractivity contribution in [2.75, 3.05) is 5.75 Å². The molecule has 1 N–H and O–H groups in total. The Hall–Kier alpha value is -1.36. The van der Waals surface area contributed by atoms with Crippen molar-refractivity contribution < 1.29 is 19.5 Å². The topological polar surface area (TPSA) is 71.4 Å². The van der Waals surface area contributed by atoms with Gasteiger partial charge in [-0.05, 0) is 24.3 Å². The Kier molecular flexibility index (Phi) is 4.30. The molecule has 0 saturated heterocycles. The van der Waals surface area contributed by atoms with E-state index in [1.807, 2.05) is 0 Å². The Morgan fingerprint density at radius 1 is 1.33 bits per heavy atom. The Morgan fingerprint density at radius 2 is 2.07 bits per heavy atom. The Bertz CT molecular complexity index is 354. The van der Waals surface area contributed by atoms with Crippen LogP contribution < -0.4 is 0 Å². The van der Waals surface area contributed by atoms with Crippen molar-refractivity contribution >= 4 is 29.3 Å². The minimum Gasteiger partial charge on any atom is -0.481 e. The van der Waals surface area contributed by atoms with E-state index in [4.69, 9.17) is 5.11 Å². The highest BCUT2D eigenvalue weighted by atomic mass is 32.2. The number of thioether (sulfide) groups is 1. The van der Waals surface area contributed by atoms with Gasteiger partial charge >= 0.3 is 5.97 Å². The second kappa shape index (κ2) is 5.50. The predicted octanol–water partition coefficient (Wildman–Crippen LogP) is 1.18. The molecule has 0 aromatic carbocycles. The van der Waals surface area contributed by atoms with Gasteiger partial charge in [0.2, 0.25) is 0 Å². The van der Waals surface area contributed by atoms with Gasteiger partial charge in [-0.1, -0.05) is 0 Å². The summed E-state index contributed by atoms with van der Waals surface area (Å²) in [4.78, 5) is 32.8. The van der Waals surface area contributed by atoms with Crippen molar-refractivity contribution in [2.45, 2.75) is 12.8 Å². The average molecular weight is 226 g/mol. The highest BCUT2D eigenvalue weighted by Gasteiger charge is 2.13. The number of allylic oxidation sites excluding steroid dienone is 4. The van der Waals surface area contributed by atoms with Crippen molar-refractivity contribution in [1.82, 2.24) is 0 Å². The van der Waals surface area contributed by atoms with Crippen LogP contribution in [0.2, 0.25) is 0 Å². The smallest absolute Gasteiger partial charge is 0.303 e. The molecule has 5 heteroatoms. The van der Waals surface area contributed by atoms with Crippen molar-refractivity contribution in [2.24, 2.45) is 0 Å². The van der Waals surface area contributed by atoms with Gasteiger partial charge in [-0.25, -0.2) is 0 Å². The standard InChI is InChI=1S/C10H10O4S/c11-7-3-4-8(12)9(6-7)15-5-1-2-10(13)14/h3-4,6H,1-2,5H2,(H,13,14). The van der Waals surface area contributed by atoms with Gasteiger partial charge in [0.15, 0.2) is 11.6 Å². The number of aliphatic carboxylic acids is 1. The number of carboxylic acid groups (broad SMARTS) is 1. The fourth-order valence-electron chi connectivity index (χ4n) is 1.01. The maximum Gasteiger partial charge on any atom is 0.303 e. The third-order valence-electron chi connectivity index (χ3n) is 1.71. The molecule has 0 radical (unpaired) electrons. The van der Waals surface area contributed by atoms with Gasteiger partial charge in [0.05, 0.1) is 4.91 Å². The van der Waals surface area contributed by atoms with Crippen LogP contribution in [-0.4, -0.2) is 28.4 Å². The highest BCUT2D eigenvalue weighted by Crippen LogP contribution is 2.21. The van der Waals surface area contributed by atoms with Crippen LogP contribution in [0.25, 0.3) is 0 Å². The van der Waals surface area contributed by atoms with E-state index in [1.54, 1.807) is 0 Å². The van der Waals surface area contributed by atoms with Gasteiger partial charge in [0.1, 0.15) is 0 Å². The van der Waals surface area contributed by atoms with E-state index in [9.17, 15) is 14.4 Å². The van der Waals surface area contributed by atoms with E-state index in [1.165, 1.54) is 30.0 Å². The largest absolute Gasteiger partial charge is 0.481 e. The molecule has 0 fully saturated rings. The Labute approximate surface area is 91.0 Å². The van der Waals surface area contributed by atoms with Gasteiger partial charge in [0.25, 0.3) is 0 Å². The normalized spacial score (nSPS) is 15.3. The van der Waals surface area contributed by atoms with E-state index >= 15 is 0 Å². The lowest BCUT2D eigenvalue weighted by Crippen LogP contribution is -2.05. The molecule has 0 aromatic rings. The summed E-state index contributed by atoms with van der Waals surface area (Å²) in [7, 11) is 0. The van der Waals surface area contributed by atoms with Crippen LogP contribution in [0, 0.1) is 0 Å². The summed E-state index contributed by atoms with van der Waals surface area (Å²) in [5.74, 6) is -0.703. The number of hydrogen-bond acceptors (Lipinski definition) is 4. The maximum atomic E-state index is 11.2.